The van der Waals surface area contributed by atoms with Gasteiger partial charge in [-0.1, -0.05) is 74.7 Å². The summed E-state index contributed by atoms with van der Waals surface area (Å²) in [6.07, 6.45) is 7.00. The molecule has 1 amide bonds. The molecule has 1 aliphatic heterocycles. The minimum absolute atomic E-state index is 0.202. The van der Waals surface area contributed by atoms with Crippen LogP contribution in [0.5, 0.6) is 0 Å². The van der Waals surface area contributed by atoms with E-state index in [4.69, 9.17) is 4.99 Å². The summed E-state index contributed by atoms with van der Waals surface area (Å²) in [5.41, 5.74) is 3.49. The minimum atomic E-state index is -0.487. The van der Waals surface area contributed by atoms with Crippen LogP contribution in [-0.2, 0) is 16.9 Å². The van der Waals surface area contributed by atoms with Gasteiger partial charge in [0.15, 0.2) is 0 Å². The number of aliphatic imine (C=N–C) groups is 1. The topological polar surface area (TPSA) is 76.3 Å². The molecule has 3 aromatic rings. The Bertz CT molecular complexity index is 1260. The van der Waals surface area contributed by atoms with Crippen molar-refractivity contribution in [2.45, 2.75) is 90.3 Å². The summed E-state index contributed by atoms with van der Waals surface area (Å²) in [5, 5.41) is 13.2. The SMILES string of the molecule is CCCCC1=NC2(CCCC2)C(=O)N1Cc1ccc(-c2ccccc2-c2nnn(C(C)(C)C)n2)cc1. The summed E-state index contributed by atoms with van der Waals surface area (Å²) in [5.74, 6) is 1.80. The lowest BCUT2D eigenvalue weighted by molar-refractivity contribution is -0.131. The molecule has 1 aliphatic carbocycles. The molecule has 188 valence electrons. The second kappa shape index (κ2) is 9.60. The maximum Gasteiger partial charge on any atom is 0.256 e. The molecule has 7 nitrogen and oxygen atoms in total. The first-order valence-corrected chi connectivity index (χ1v) is 13.2. The van der Waals surface area contributed by atoms with E-state index in [1.165, 1.54) is 0 Å². The van der Waals surface area contributed by atoms with Gasteiger partial charge in [-0.25, -0.2) is 0 Å². The largest absolute Gasteiger partial charge is 0.294 e. The number of aromatic nitrogens is 4. The van der Waals surface area contributed by atoms with Crippen LogP contribution < -0.4 is 0 Å². The lowest BCUT2D eigenvalue weighted by Crippen LogP contribution is -2.40. The summed E-state index contributed by atoms with van der Waals surface area (Å²) in [4.78, 5) is 22.1. The molecular formula is C29H36N6O. The minimum Gasteiger partial charge on any atom is -0.294 e. The third kappa shape index (κ3) is 4.59. The van der Waals surface area contributed by atoms with Gasteiger partial charge in [0.2, 0.25) is 5.82 Å². The van der Waals surface area contributed by atoms with Gasteiger partial charge in [0.25, 0.3) is 5.91 Å². The van der Waals surface area contributed by atoms with Gasteiger partial charge in [0.05, 0.1) is 12.1 Å². The molecule has 0 N–H and O–H groups in total. The predicted molar refractivity (Wildman–Crippen MR) is 142 cm³/mol. The Kier molecular flexibility index (Phi) is 6.49. The zero-order valence-corrected chi connectivity index (χ0v) is 21.9. The average Bonchev–Trinajstić information content (AvgIpc) is 3.61. The number of benzene rings is 2. The van der Waals surface area contributed by atoms with Crippen LogP contribution in [0.15, 0.2) is 53.5 Å². The summed E-state index contributed by atoms with van der Waals surface area (Å²) in [6.45, 7) is 8.93. The molecule has 0 saturated heterocycles. The molecule has 2 aromatic carbocycles. The van der Waals surface area contributed by atoms with Gasteiger partial charge in [0.1, 0.15) is 11.4 Å². The van der Waals surface area contributed by atoms with Crippen LogP contribution in [0.1, 0.15) is 78.2 Å². The zero-order valence-electron chi connectivity index (χ0n) is 21.9. The highest BCUT2D eigenvalue weighted by molar-refractivity contribution is 6.08. The Morgan fingerprint density at radius 2 is 1.67 bits per heavy atom. The van der Waals surface area contributed by atoms with Gasteiger partial charge >= 0.3 is 0 Å². The van der Waals surface area contributed by atoms with E-state index in [0.717, 1.165) is 73.0 Å². The molecule has 1 aromatic heterocycles. The van der Waals surface area contributed by atoms with E-state index in [1.807, 2.05) is 23.1 Å². The van der Waals surface area contributed by atoms with Crippen LogP contribution in [0.25, 0.3) is 22.5 Å². The number of carbonyl (C=O) groups excluding carboxylic acids is 1. The molecule has 7 heteroatoms. The number of carbonyl (C=O) groups is 1. The van der Waals surface area contributed by atoms with E-state index < -0.39 is 5.54 Å². The highest BCUT2D eigenvalue weighted by Gasteiger charge is 2.49. The highest BCUT2D eigenvalue weighted by Crippen LogP contribution is 2.40. The molecule has 1 spiro atoms. The molecule has 0 bridgehead atoms. The van der Waals surface area contributed by atoms with Crippen molar-refractivity contribution in [1.82, 2.24) is 25.1 Å². The number of hydrogen-bond donors (Lipinski definition) is 0. The molecule has 1 saturated carbocycles. The van der Waals surface area contributed by atoms with E-state index >= 15 is 0 Å². The number of nitrogens with zero attached hydrogens (tertiary/aromatic N) is 6. The zero-order chi connectivity index (χ0) is 25.3. The van der Waals surface area contributed by atoms with Crippen LogP contribution in [0, 0.1) is 0 Å². The van der Waals surface area contributed by atoms with Crippen molar-refractivity contribution >= 4 is 11.7 Å². The lowest BCUT2D eigenvalue weighted by atomic mass is 9.97. The standard InChI is InChI=1S/C29H36N6O/c1-5-6-13-25-30-29(18-9-10-19-29)27(36)34(25)20-21-14-16-22(17-15-21)23-11-7-8-12-24(23)26-31-33-35(32-26)28(2,3)4/h7-8,11-12,14-17H,5-6,9-10,13,18-20H2,1-4H3. The molecule has 1 fully saturated rings. The van der Waals surface area contributed by atoms with Gasteiger partial charge in [0, 0.05) is 12.0 Å². The molecule has 0 atom stereocenters. The average molecular weight is 485 g/mol. The van der Waals surface area contributed by atoms with E-state index in [-0.39, 0.29) is 11.4 Å². The molecule has 0 unspecified atom stereocenters. The Labute approximate surface area is 213 Å². The Morgan fingerprint density at radius 1 is 0.972 bits per heavy atom. The molecule has 36 heavy (non-hydrogen) atoms. The fourth-order valence-corrected chi connectivity index (χ4v) is 5.21. The Hall–Kier alpha value is -3.35. The van der Waals surface area contributed by atoms with E-state index in [9.17, 15) is 4.79 Å². The molecular weight excluding hydrogens is 448 g/mol. The van der Waals surface area contributed by atoms with Crippen LogP contribution >= 0.6 is 0 Å². The number of amidine groups is 1. The quantitative estimate of drug-likeness (QED) is 0.412. The van der Waals surface area contributed by atoms with Crippen LogP contribution in [0.4, 0.5) is 0 Å². The van der Waals surface area contributed by atoms with Gasteiger partial charge in [-0.3, -0.25) is 14.7 Å². The van der Waals surface area contributed by atoms with Crippen molar-refractivity contribution in [2.24, 2.45) is 4.99 Å². The summed E-state index contributed by atoms with van der Waals surface area (Å²) in [7, 11) is 0. The number of tetrazole rings is 1. The fourth-order valence-electron chi connectivity index (χ4n) is 5.21. The smallest absolute Gasteiger partial charge is 0.256 e. The second-order valence-electron chi connectivity index (χ2n) is 11.1. The van der Waals surface area contributed by atoms with Crippen molar-refractivity contribution in [3.8, 4) is 22.5 Å². The van der Waals surface area contributed by atoms with Crippen molar-refractivity contribution in [2.75, 3.05) is 0 Å². The van der Waals surface area contributed by atoms with Crippen LogP contribution in [0.3, 0.4) is 0 Å². The lowest BCUT2D eigenvalue weighted by Gasteiger charge is -2.23. The third-order valence-corrected chi connectivity index (χ3v) is 7.27. The van der Waals surface area contributed by atoms with Crippen molar-refractivity contribution in [1.29, 1.82) is 0 Å². The maximum absolute atomic E-state index is 13.5. The summed E-state index contributed by atoms with van der Waals surface area (Å²) < 4.78 is 0. The van der Waals surface area contributed by atoms with E-state index in [2.05, 4.69) is 73.4 Å². The highest BCUT2D eigenvalue weighted by atomic mass is 16.2. The molecule has 0 radical (unpaired) electrons. The normalized spacial score (nSPS) is 17.3. The van der Waals surface area contributed by atoms with Crippen molar-refractivity contribution in [3.05, 3.63) is 54.1 Å². The van der Waals surface area contributed by atoms with Crippen molar-refractivity contribution < 1.29 is 4.79 Å². The number of rotatable bonds is 7. The van der Waals surface area contributed by atoms with Gasteiger partial charge < -0.3 is 0 Å². The van der Waals surface area contributed by atoms with Gasteiger partial charge in [-0.05, 0) is 61.9 Å². The van der Waals surface area contributed by atoms with Crippen molar-refractivity contribution in [3.63, 3.8) is 0 Å². The Morgan fingerprint density at radius 3 is 2.31 bits per heavy atom. The monoisotopic (exact) mass is 484 g/mol. The first-order valence-electron chi connectivity index (χ1n) is 13.2. The van der Waals surface area contributed by atoms with Crippen LogP contribution in [-0.4, -0.2) is 42.4 Å². The van der Waals surface area contributed by atoms with E-state index in [0.29, 0.717) is 12.4 Å². The number of hydrogen-bond acceptors (Lipinski definition) is 5. The number of unbranched alkanes of at least 4 members (excludes halogenated alkanes) is 1. The summed E-state index contributed by atoms with van der Waals surface area (Å²) in [6, 6.07) is 16.6. The van der Waals surface area contributed by atoms with E-state index in [1.54, 1.807) is 4.80 Å². The van der Waals surface area contributed by atoms with Crippen LogP contribution in [0.2, 0.25) is 0 Å². The summed E-state index contributed by atoms with van der Waals surface area (Å²) >= 11 is 0. The van der Waals surface area contributed by atoms with Gasteiger partial charge in [-0.15, -0.1) is 10.2 Å². The molecule has 5 rings (SSSR count). The molecule has 2 heterocycles. The number of amides is 1. The maximum atomic E-state index is 13.5. The first kappa shape index (κ1) is 24.3. The Balaban J connectivity index is 1.38. The van der Waals surface area contributed by atoms with Gasteiger partial charge in [-0.2, -0.15) is 4.80 Å². The third-order valence-electron chi connectivity index (χ3n) is 7.27. The fraction of sp³-hybridized carbons (Fsp3) is 0.483. The first-order chi connectivity index (χ1) is 17.3. The second-order valence-corrected chi connectivity index (χ2v) is 11.1. The molecule has 2 aliphatic rings. The predicted octanol–water partition coefficient (Wildman–Crippen LogP) is 6.01.